The Bertz CT molecular complexity index is 746. The average Bonchev–Trinajstić information content (AvgIpc) is 2.74. The zero-order valence-corrected chi connectivity index (χ0v) is 9.41. The van der Waals surface area contributed by atoms with Gasteiger partial charge in [0.25, 0.3) is 0 Å². The average molecular weight is 246 g/mol. The lowest BCUT2D eigenvalue weighted by atomic mass is 10.3. The summed E-state index contributed by atoms with van der Waals surface area (Å²) in [7, 11) is 0. The number of nitrogens with zero attached hydrogens (tertiary/aromatic N) is 3. The summed E-state index contributed by atoms with van der Waals surface area (Å²) in [6.45, 7) is 0. The molecule has 3 rings (SSSR count). The summed E-state index contributed by atoms with van der Waals surface area (Å²) in [6, 6.07) is 6.20. The van der Waals surface area contributed by atoms with E-state index in [4.69, 9.17) is 12.2 Å². The first kappa shape index (κ1) is 10.1. The van der Waals surface area contributed by atoms with Gasteiger partial charge in [-0.2, -0.15) is 5.10 Å². The summed E-state index contributed by atoms with van der Waals surface area (Å²) in [4.78, 5) is 6.92. The van der Waals surface area contributed by atoms with Crippen LogP contribution in [0.5, 0.6) is 0 Å². The number of benzene rings is 1. The van der Waals surface area contributed by atoms with E-state index in [-0.39, 0.29) is 5.82 Å². The van der Waals surface area contributed by atoms with Gasteiger partial charge >= 0.3 is 0 Å². The molecule has 0 spiro atoms. The second kappa shape index (κ2) is 3.74. The Balaban J connectivity index is 2.32. The smallest absolute Gasteiger partial charge is 0.145 e. The van der Waals surface area contributed by atoms with E-state index >= 15 is 0 Å². The highest BCUT2D eigenvalue weighted by atomic mass is 32.1. The first-order valence-electron chi connectivity index (χ1n) is 4.93. The second-order valence-corrected chi connectivity index (χ2v) is 3.89. The van der Waals surface area contributed by atoms with E-state index in [1.807, 2.05) is 0 Å². The number of rotatable bonds is 1. The minimum absolute atomic E-state index is 0.307. The van der Waals surface area contributed by atoms with Gasteiger partial charge in [0.15, 0.2) is 0 Å². The van der Waals surface area contributed by atoms with E-state index in [1.54, 1.807) is 23.0 Å². The third-order valence-electron chi connectivity index (χ3n) is 2.44. The summed E-state index contributed by atoms with van der Waals surface area (Å²) >= 11 is 5.08. The fourth-order valence-electron chi connectivity index (χ4n) is 1.67. The largest absolute Gasteiger partial charge is 0.330 e. The molecular weight excluding hydrogens is 239 g/mol. The lowest BCUT2D eigenvalue weighted by Gasteiger charge is -2.02. The molecule has 84 valence electrons. The van der Waals surface area contributed by atoms with Crippen LogP contribution in [-0.2, 0) is 0 Å². The van der Waals surface area contributed by atoms with Crippen LogP contribution in [0.25, 0.3) is 16.7 Å². The second-order valence-electron chi connectivity index (χ2n) is 3.51. The molecule has 1 aromatic carbocycles. The van der Waals surface area contributed by atoms with Gasteiger partial charge in [0.2, 0.25) is 0 Å². The Labute approximate surface area is 101 Å². The van der Waals surface area contributed by atoms with Crippen molar-refractivity contribution in [3.63, 3.8) is 0 Å². The Morgan fingerprint density at radius 1 is 1.35 bits per heavy atom. The van der Waals surface area contributed by atoms with Crippen molar-refractivity contribution in [2.75, 3.05) is 0 Å². The highest BCUT2D eigenvalue weighted by Crippen LogP contribution is 2.16. The van der Waals surface area contributed by atoms with Crippen LogP contribution in [-0.4, -0.2) is 19.7 Å². The maximum atomic E-state index is 13.2. The van der Waals surface area contributed by atoms with Gasteiger partial charge in [0.05, 0.1) is 23.6 Å². The summed E-state index contributed by atoms with van der Waals surface area (Å²) in [5.74, 6) is -0.307. The molecule has 1 N–H and O–H groups in total. The van der Waals surface area contributed by atoms with E-state index in [0.29, 0.717) is 16.0 Å². The van der Waals surface area contributed by atoms with Crippen LogP contribution in [0.1, 0.15) is 0 Å². The van der Waals surface area contributed by atoms with Gasteiger partial charge in [-0.05, 0) is 18.2 Å². The number of aromatic amines is 1. The maximum absolute atomic E-state index is 13.2. The molecule has 0 saturated carbocycles. The van der Waals surface area contributed by atoms with Gasteiger partial charge in [0, 0.05) is 0 Å². The van der Waals surface area contributed by atoms with Crippen LogP contribution in [0.15, 0.2) is 36.8 Å². The van der Waals surface area contributed by atoms with E-state index < -0.39 is 0 Å². The molecule has 0 bridgehead atoms. The van der Waals surface area contributed by atoms with E-state index in [0.717, 1.165) is 5.39 Å². The molecular formula is C11H7FN4S. The number of hydrogen-bond donors (Lipinski definition) is 1. The molecule has 0 fully saturated rings. The van der Waals surface area contributed by atoms with Gasteiger partial charge in [-0.1, -0.05) is 18.3 Å². The summed E-state index contributed by atoms with van der Waals surface area (Å²) in [5.41, 5.74) is 1.34. The van der Waals surface area contributed by atoms with Crippen molar-refractivity contribution >= 4 is 23.3 Å². The molecule has 4 nitrogen and oxygen atoms in total. The van der Waals surface area contributed by atoms with E-state index in [1.165, 1.54) is 18.5 Å². The highest BCUT2D eigenvalue weighted by molar-refractivity contribution is 7.71. The standard InChI is InChI=1S/C11H7FN4S/c12-7-2-1-3-8(4-7)16-10-9(5-15-16)11(17)14-6-13-10/h1-6H,(H,13,14,17). The molecule has 6 heteroatoms. The number of aromatic nitrogens is 4. The SMILES string of the molecule is Fc1cccc(-n2ncc3c(=S)nc[nH]c32)c1. The summed E-state index contributed by atoms with van der Waals surface area (Å²) < 4.78 is 15.2. The number of fused-ring (bicyclic) bond motifs is 1. The quantitative estimate of drug-likeness (QED) is 0.671. The number of nitrogens with one attached hydrogen (secondary N) is 1. The fourth-order valence-corrected chi connectivity index (χ4v) is 1.87. The van der Waals surface area contributed by atoms with Crippen molar-refractivity contribution in [3.8, 4) is 5.69 Å². The third kappa shape index (κ3) is 1.62. The van der Waals surface area contributed by atoms with E-state index in [9.17, 15) is 4.39 Å². The predicted octanol–water partition coefficient (Wildman–Crippen LogP) is 2.62. The van der Waals surface area contributed by atoms with Crippen LogP contribution in [0.4, 0.5) is 4.39 Å². The van der Waals surface area contributed by atoms with Gasteiger partial charge in [-0.15, -0.1) is 0 Å². The van der Waals surface area contributed by atoms with E-state index in [2.05, 4.69) is 15.1 Å². The molecule has 3 aromatic rings. The zero-order valence-electron chi connectivity index (χ0n) is 8.59. The summed E-state index contributed by atoms with van der Waals surface area (Å²) in [5, 5.41) is 4.92. The highest BCUT2D eigenvalue weighted by Gasteiger charge is 2.06. The molecule has 0 aliphatic rings. The van der Waals surface area contributed by atoms with Crippen molar-refractivity contribution in [1.82, 2.24) is 19.7 Å². The normalized spacial score (nSPS) is 10.9. The molecule has 2 heterocycles. The molecule has 0 radical (unpaired) electrons. The number of halogens is 1. The van der Waals surface area contributed by atoms with Crippen molar-refractivity contribution in [2.24, 2.45) is 0 Å². The van der Waals surface area contributed by atoms with Crippen molar-refractivity contribution in [1.29, 1.82) is 0 Å². The predicted molar refractivity (Wildman–Crippen MR) is 64.0 cm³/mol. The monoisotopic (exact) mass is 246 g/mol. The molecule has 17 heavy (non-hydrogen) atoms. The van der Waals surface area contributed by atoms with Crippen LogP contribution >= 0.6 is 12.2 Å². The molecule has 2 aromatic heterocycles. The van der Waals surface area contributed by atoms with Gasteiger partial charge < -0.3 is 4.98 Å². The lowest BCUT2D eigenvalue weighted by Crippen LogP contribution is -1.98. The Morgan fingerprint density at radius 2 is 2.24 bits per heavy atom. The van der Waals surface area contributed by atoms with Crippen molar-refractivity contribution in [2.45, 2.75) is 0 Å². The Morgan fingerprint density at radius 3 is 3.06 bits per heavy atom. The molecule has 0 aliphatic carbocycles. The van der Waals surface area contributed by atoms with Crippen molar-refractivity contribution < 1.29 is 4.39 Å². The molecule has 0 amide bonds. The Kier molecular flexibility index (Phi) is 2.22. The zero-order chi connectivity index (χ0) is 11.8. The molecule has 0 unspecified atom stereocenters. The topological polar surface area (TPSA) is 46.5 Å². The third-order valence-corrected chi connectivity index (χ3v) is 2.76. The van der Waals surface area contributed by atoms with Gasteiger partial charge in [0.1, 0.15) is 16.1 Å². The molecule has 0 saturated heterocycles. The minimum Gasteiger partial charge on any atom is -0.330 e. The minimum atomic E-state index is -0.307. The van der Waals surface area contributed by atoms with Crippen LogP contribution < -0.4 is 0 Å². The number of hydrogen-bond acceptors (Lipinski definition) is 3. The van der Waals surface area contributed by atoms with Gasteiger partial charge in [-0.3, -0.25) is 0 Å². The molecule has 0 atom stereocenters. The summed E-state index contributed by atoms with van der Waals surface area (Å²) in [6.07, 6.45) is 3.12. The molecule has 0 aliphatic heterocycles. The lowest BCUT2D eigenvalue weighted by molar-refractivity contribution is 0.625. The fraction of sp³-hybridized carbons (Fsp3) is 0. The first-order valence-corrected chi connectivity index (χ1v) is 5.34. The number of H-pyrrole nitrogens is 1. The van der Waals surface area contributed by atoms with Gasteiger partial charge in [-0.25, -0.2) is 14.1 Å². The van der Waals surface area contributed by atoms with Crippen LogP contribution in [0, 0.1) is 10.5 Å². The first-order chi connectivity index (χ1) is 8.25. The van der Waals surface area contributed by atoms with Crippen LogP contribution in [0.2, 0.25) is 0 Å². The van der Waals surface area contributed by atoms with Crippen molar-refractivity contribution in [3.05, 3.63) is 47.2 Å². The Hall–Kier alpha value is -2.08. The maximum Gasteiger partial charge on any atom is 0.145 e. The van der Waals surface area contributed by atoms with Crippen LogP contribution in [0.3, 0.4) is 0 Å².